The van der Waals surface area contributed by atoms with E-state index in [1.165, 1.54) is 5.69 Å². The quantitative estimate of drug-likeness (QED) is 0.740. The van der Waals surface area contributed by atoms with Gasteiger partial charge in [-0.05, 0) is 56.3 Å². The second kappa shape index (κ2) is 7.55. The minimum atomic E-state index is 0.576. The highest BCUT2D eigenvalue weighted by Crippen LogP contribution is 2.21. The molecule has 2 heterocycles. The fraction of sp³-hybridized carbons (Fsp3) is 0.211. The molecule has 2 aromatic heterocycles. The molecule has 3 rings (SSSR count). The molecule has 0 bridgehead atoms. The minimum absolute atomic E-state index is 0.576. The van der Waals surface area contributed by atoms with E-state index in [0.29, 0.717) is 5.95 Å². The summed E-state index contributed by atoms with van der Waals surface area (Å²) in [7, 11) is 0. The van der Waals surface area contributed by atoms with Gasteiger partial charge in [-0.3, -0.25) is 4.98 Å². The van der Waals surface area contributed by atoms with Gasteiger partial charge in [0.2, 0.25) is 5.95 Å². The molecule has 0 fully saturated rings. The molecule has 0 atom stereocenters. The van der Waals surface area contributed by atoms with E-state index >= 15 is 0 Å². The largest absolute Gasteiger partial charge is 0.372 e. The first-order valence-corrected chi connectivity index (χ1v) is 8.15. The van der Waals surface area contributed by atoms with Crippen molar-refractivity contribution in [2.75, 3.05) is 23.3 Å². The zero-order valence-corrected chi connectivity index (χ0v) is 14.0. The molecule has 0 saturated heterocycles. The summed E-state index contributed by atoms with van der Waals surface area (Å²) >= 11 is 0. The first-order chi connectivity index (χ1) is 11.8. The average molecular weight is 319 g/mol. The number of nitrogens with zero attached hydrogens (tertiary/aromatic N) is 4. The van der Waals surface area contributed by atoms with E-state index < -0.39 is 0 Å². The molecule has 1 aromatic carbocycles. The maximum absolute atomic E-state index is 4.56. The SMILES string of the molecule is CCN(CC)c1ccc(Nc2nccc(-c3cccnc3)n2)cc1. The molecule has 0 unspecified atom stereocenters. The fourth-order valence-corrected chi connectivity index (χ4v) is 2.57. The topological polar surface area (TPSA) is 53.9 Å². The molecule has 0 radical (unpaired) electrons. The predicted molar refractivity (Wildman–Crippen MR) is 98.5 cm³/mol. The van der Waals surface area contributed by atoms with Crippen molar-refractivity contribution in [2.45, 2.75) is 13.8 Å². The second-order valence-electron chi connectivity index (χ2n) is 5.35. The smallest absolute Gasteiger partial charge is 0.227 e. The lowest BCUT2D eigenvalue weighted by molar-refractivity contribution is 0.866. The minimum Gasteiger partial charge on any atom is -0.372 e. The molecule has 24 heavy (non-hydrogen) atoms. The molecule has 0 aliphatic carbocycles. The molecule has 0 aliphatic heterocycles. The van der Waals surface area contributed by atoms with Crippen LogP contribution in [0.3, 0.4) is 0 Å². The van der Waals surface area contributed by atoms with E-state index in [-0.39, 0.29) is 0 Å². The van der Waals surface area contributed by atoms with Gasteiger partial charge in [0, 0.05) is 48.6 Å². The van der Waals surface area contributed by atoms with E-state index in [9.17, 15) is 0 Å². The Hall–Kier alpha value is -2.95. The lowest BCUT2D eigenvalue weighted by Crippen LogP contribution is -2.21. The highest BCUT2D eigenvalue weighted by molar-refractivity contribution is 5.62. The Labute approximate surface area is 142 Å². The summed E-state index contributed by atoms with van der Waals surface area (Å²) in [6.45, 7) is 6.32. The molecule has 122 valence electrons. The molecular formula is C19H21N5. The van der Waals surface area contributed by atoms with Crippen molar-refractivity contribution in [1.29, 1.82) is 0 Å². The van der Waals surface area contributed by atoms with Crippen LogP contribution in [-0.2, 0) is 0 Å². The Kier molecular flexibility index (Phi) is 5.01. The van der Waals surface area contributed by atoms with Gasteiger partial charge in [0.25, 0.3) is 0 Å². The standard InChI is InChI=1S/C19H21N5/c1-3-24(4-2)17-9-7-16(8-10-17)22-19-21-13-11-18(23-19)15-6-5-12-20-14-15/h5-14H,3-4H2,1-2H3,(H,21,22,23). The van der Waals surface area contributed by atoms with Crippen LogP contribution >= 0.6 is 0 Å². The van der Waals surface area contributed by atoms with Crippen LogP contribution in [0.25, 0.3) is 11.3 Å². The molecule has 5 nitrogen and oxygen atoms in total. The van der Waals surface area contributed by atoms with Crippen LogP contribution in [0.1, 0.15) is 13.8 Å². The van der Waals surface area contributed by atoms with Crippen molar-refractivity contribution in [2.24, 2.45) is 0 Å². The molecule has 0 amide bonds. The van der Waals surface area contributed by atoms with E-state index in [0.717, 1.165) is 30.0 Å². The Morgan fingerprint density at radius 3 is 2.42 bits per heavy atom. The van der Waals surface area contributed by atoms with Gasteiger partial charge in [0.05, 0.1) is 5.69 Å². The third kappa shape index (κ3) is 3.68. The lowest BCUT2D eigenvalue weighted by Gasteiger charge is -2.21. The third-order valence-corrected chi connectivity index (χ3v) is 3.86. The van der Waals surface area contributed by atoms with Crippen molar-refractivity contribution in [1.82, 2.24) is 15.0 Å². The summed E-state index contributed by atoms with van der Waals surface area (Å²) < 4.78 is 0. The number of rotatable bonds is 6. The Morgan fingerprint density at radius 2 is 1.75 bits per heavy atom. The maximum atomic E-state index is 4.56. The third-order valence-electron chi connectivity index (χ3n) is 3.86. The summed E-state index contributed by atoms with van der Waals surface area (Å²) in [6, 6.07) is 14.1. The van der Waals surface area contributed by atoms with Crippen LogP contribution in [0.2, 0.25) is 0 Å². The van der Waals surface area contributed by atoms with E-state index in [1.54, 1.807) is 18.6 Å². The first kappa shape index (κ1) is 15.9. The van der Waals surface area contributed by atoms with Crippen molar-refractivity contribution < 1.29 is 0 Å². The summed E-state index contributed by atoms with van der Waals surface area (Å²) in [4.78, 5) is 15.3. The van der Waals surface area contributed by atoms with Gasteiger partial charge in [-0.15, -0.1) is 0 Å². The monoisotopic (exact) mass is 319 g/mol. The number of nitrogens with one attached hydrogen (secondary N) is 1. The molecule has 3 aromatic rings. The number of aromatic nitrogens is 3. The highest BCUT2D eigenvalue weighted by atomic mass is 15.1. The molecule has 1 N–H and O–H groups in total. The van der Waals surface area contributed by atoms with Crippen molar-refractivity contribution in [3.8, 4) is 11.3 Å². The number of pyridine rings is 1. The van der Waals surface area contributed by atoms with Gasteiger partial charge < -0.3 is 10.2 Å². The van der Waals surface area contributed by atoms with E-state index in [1.807, 2.05) is 30.3 Å². The number of anilines is 3. The maximum Gasteiger partial charge on any atom is 0.227 e. The van der Waals surface area contributed by atoms with Gasteiger partial charge in [0.1, 0.15) is 0 Å². The molecule has 0 saturated carbocycles. The van der Waals surface area contributed by atoms with Crippen molar-refractivity contribution >= 4 is 17.3 Å². The summed E-state index contributed by atoms with van der Waals surface area (Å²) in [5, 5.41) is 3.26. The normalized spacial score (nSPS) is 10.4. The van der Waals surface area contributed by atoms with Gasteiger partial charge in [-0.1, -0.05) is 0 Å². The van der Waals surface area contributed by atoms with Crippen LogP contribution in [0, 0.1) is 0 Å². The van der Waals surface area contributed by atoms with Crippen LogP contribution in [-0.4, -0.2) is 28.0 Å². The van der Waals surface area contributed by atoms with Crippen LogP contribution < -0.4 is 10.2 Å². The number of hydrogen-bond donors (Lipinski definition) is 1. The Balaban J connectivity index is 1.77. The lowest BCUT2D eigenvalue weighted by atomic mass is 10.2. The van der Waals surface area contributed by atoms with E-state index in [2.05, 4.69) is 51.1 Å². The Bertz CT molecular complexity index is 767. The zero-order valence-electron chi connectivity index (χ0n) is 14.0. The first-order valence-electron chi connectivity index (χ1n) is 8.15. The van der Waals surface area contributed by atoms with Crippen molar-refractivity contribution in [3.63, 3.8) is 0 Å². The summed E-state index contributed by atoms with van der Waals surface area (Å²) in [5.41, 5.74) is 4.00. The Morgan fingerprint density at radius 1 is 0.958 bits per heavy atom. The fourth-order valence-electron chi connectivity index (χ4n) is 2.57. The van der Waals surface area contributed by atoms with Gasteiger partial charge in [0.15, 0.2) is 0 Å². The van der Waals surface area contributed by atoms with Gasteiger partial charge in [-0.25, -0.2) is 9.97 Å². The molecule has 5 heteroatoms. The van der Waals surface area contributed by atoms with Gasteiger partial charge in [-0.2, -0.15) is 0 Å². The molecular weight excluding hydrogens is 298 g/mol. The van der Waals surface area contributed by atoms with E-state index in [4.69, 9.17) is 0 Å². The molecule has 0 spiro atoms. The van der Waals surface area contributed by atoms with Crippen molar-refractivity contribution in [3.05, 3.63) is 61.1 Å². The van der Waals surface area contributed by atoms with Gasteiger partial charge >= 0.3 is 0 Å². The summed E-state index contributed by atoms with van der Waals surface area (Å²) in [5.74, 6) is 0.576. The number of hydrogen-bond acceptors (Lipinski definition) is 5. The highest BCUT2D eigenvalue weighted by Gasteiger charge is 2.04. The predicted octanol–water partition coefficient (Wildman–Crippen LogP) is 4.13. The van der Waals surface area contributed by atoms with Crippen LogP contribution in [0.5, 0.6) is 0 Å². The average Bonchev–Trinajstić information content (AvgIpc) is 2.65. The van der Waals surface area contributed by atoms with Crippen LogP contribution in [0.15, 0.2) is 61.1 Å². The molecule has 0 aliphatic rings. The zero-order chi connectivity index (χ0) is 16.8. The second-order valence-corrected chi connectivity index (χ2v) is 5.35. The number of benzene rings is 1. The summed E-state index contributed by atoms with van der Waals surface area (Å²) in [6.07, 6.45) is 5.30. The van der Waals surface area contributed by atoms with Crippen LogP contribution in [0.4, 0.5) is 17.3 Å².